The van der Waals surface area contributed by atoms with E-state index in [4.69, 9.17) is 0 Å². The van der Waals surface area contributed by atoms with Gasteiger partial charge in [-0.3, -0.25) is 4.68 Å². The molecule has 2 amide bonds. The lowest BCUT2D eigenvalue weighted by Crippen LogP contribution is -2.33. The molecule has 5 heteroatoms. The number of nitrogens with zero attached hydrogens (tertiary/aromatic N) is 1. The van der Waals surface area contributed by atoms with Crippen LogP contribution in [0.15, 0.2) is 54.7 Å². The van der Waals surface area contributed by atoms with Crippen molar-refractivity contribution >= 4 is 16.9 Å². The van der Waals surface area contributed by atoms with E-state index in [0.29, 0.717) is 6.54 Å². The van der Waals surface area contributed by atoms with E-state index in [1.165, 1.54) is 12.1 Å². The Morgan fingerprint density at radius 1 is 1.17 bits per heavy atom. The van der Waals surface area contributed by atoms with Crippen molar-refractivity contribution in [1.29, 1.82) is 0 Å². The van der Waals surface area contributed by atoms with Gasteiger partial charge in [0.25, 0.3) is 0 Å². The first-order chi connectivity index (χ1) is 11.2. The maximum absolute atomic E-state index is 13.4. The van der Waals surface area contributed by atoms with Gasteiger partial charge in [-0.1, -0.05) is 37.3 Å². The molecule has 118 valence electrons. The molecule has 2 N–H and O–H groups in total. The van der Waals surface area contributed by atoms with Gasteiger partial charge in [0.2, 0.25) is 0 Å². The Kier molecular flexibility index (Phi) is 4.28. The minimum absolute atomic E-state index is 0.279. The number of hydrogen-bond acceptors (Lipinski definition) is 1. The first kappa shape index (κ1) is 15.1. The van der Waals surface area contributed by atoms with Crippen molar-refractivity contribution in [2.75, 3.05) is 5.43 Å². The van der Waals surface area contributed by atoms with Crippen molar-refractivity contribution in [2.45, 2.75) is 19.9 Å². The summed E-state index contributed by atoms with van der Waals surface area (Å²) in [6.07, 6.45) is 2.59. The average Bonchev–Trinajstić information content (AvgIpc) is 2.91. The molecular weight excluding hydrogens is 293 g/mol. The number of carbonyl (C=O) groups is 1. The SMILES string of the molecule is CCc1cn(NC(=O)NCc2ccccc2)c2ccc(F)cc12. The molecule has 0 saturated heterocycles. The maximum atomic E-state index is 13.4. The van der Waals surface area contributed by atoms with Gasteiger partial charge in [-0.05, 0) is 35.7 Å². The number of rotatable bonds is 4. The number of aryl methyl sites for hydroxylation is 1. The summed E-state index contributed by atoms with van der Waals surface area (Å²) in [5.74, 6) is -0.279. The van der Waals surface area contributed by atoms with Gasteiger partial charge in [0, 0.05) is 18.1 Å². The number of carbonyl (C=O) groups excluding carboxylic acids is 1. The molecule has 23 heavy (non-hydrogen) atoms. The van der Waals surface area contributed by atoms with Crippen molar-refractivity contribution in [3.8, 4) is 0 Å². The summed E-state index contributed by atoms with van der Waals surface area (Å²) in [6, 6.07) is 13.9. The second-order valence-corrected chi connectivity index (χ2v) is 5.32. The highest BCUT2D eigenvalue weighted by atomic mass is 19.1. The molecule has 0 unspecified atom stereocenters. The van der Waals surface area contributed by atoms with E-state index in [0.717, 1.165) is 28.5 Å². The summed E-state index contributed by atoms with van der Waals surface area (Å²) in [4.78, 5) is 12.1. The smallest absolute Gasteiger partial charge is 0.333 e. The molecule has 4 nitrogen and oxygen atoms in total. The van der Waals surface area contributed by atoms with Crippen LogP contribution in [-0.4, -0.2) is 10.7 Å². The largest absolute Gasteiger partial charge is 0.334 e. The van der Waals surface area contributed by atoms with E-state index < -0.39 is 0 Å². The van der Waals surface area contributed by atoms with Gasteiger partial charge in [-0.2, -0.15) is 0 Å². The topological polar surface area (TPSA) is 46.1 Å². The number of benzene rings is 2. The zero-order chi connectivity index (χ0) is 16.2. The van der Waals surface area contributed by atoms with Crippen LogP contribution in [0.2, 0.25) is 0 Å². The highest BCUT2D eigenvalue weighted by Crippen LogP contribution is 2.22. The minimum Gasteiger partial charge on any atom is -0.333 e. The number of urea groups is 1. The Hall–Kier alpha value is -2.82. The molecule has 0 aliphatic carbocycles. The van der Waals surface area contributed by atoms with Crippen LogP contribution in [0.1, 0.15) is 18.1 Å². The first-order valence-electron chi connectivity index (χ1n) is 7.55. The lowest BCUT2D eigenvalue weighted by Gasteiger charge is -2.09. The zero-order valence-electron chi connectivity index (χ0n) is 12.8. The fourth-order valence-electron chi connectivity index (χ4n) is 2.57. The molecule has 3 rings (SSSR count). The maximum Gasteiger partial charge on any atom is 0.334 e. The number of fused-ring (bicyclic) bond motifs is 1. The fraction of sp³-hybridized carbons (Fsp3) is 0.167. The Bertz CT molecular complexity index is 827. The van der Waals surface area contributed by atoms with Crippen molar-refractivity contribution < 1.29 is 9.18 Å². The quantitative estimate of drug-likeness (QED) is 0.756. The van der Waals surface area contributed by atoms with Gasteiger partial charge in [0.1, 0.15) is 5.82 Å². The summed E-state index contributed by atoms with van der Waals surface area (Å²) in [5.41, 5.74) is 5.56. The predicted octanol–water partition coefficient (Wildman–Crippen LogP) is 3.80. The molecule has 0 saturated carbocycles. The van der Waals surface area contributed by atoms with E-state index in [9.17, 15) is 9.18 Å². The fourth-order valence-corrected chi connectivity index (χ4v) is 2.57. The van der Waals surface area contributed by atoms with Crippen molar-refractivity contribution in [2.24, 2.45) is 0 Å². The van der Waals surface area contributed by atoms with Crippen LogP contribution in [0.4, 0.5) is 9.18 Å². The highest BCUT2D eigenvalue weighted by molar-refractivity contribution is 5.88. The van der Waals surface area contributed by atoms with Crippen molar-refractivity contribution in [3.63, 3.8) is 0 Å². The monoisotopic (exact) mass is 311 g/mol. The van der Waals surface area contributed by atoms with Crippen LogP contribution in [0.25, 0.3) is 10.9 Å². The van der Waals surface area contributed by atoms with Crippen LogP contribution >= 0.6 is 0 Å². The minimum atomic E-state index is -0.308. The van der Waals surface area contributed by atoms with Gasteiger partial charge < -0.3 is 5.32 Å². The second kappa shape index (κ2) is 6.52. The Morgan fingerprint density at radius 2 is 1.96 bits per heavy atom. The summed E-state index contributed by atoms with van der Waals surface area (Å²) >= 11 is 0. The van der Waals surface area contributed by atoms with Gasteiger partial charge >= 0.3 is 6.03 Å². The molecule has 2 aromatic carbocycles. The normalized spacial score (nSPS) is 10.7. The molecule has 0 bridgehead atoms. The van der Waals surface area contributed by atoms with Crippen LogP contribution in [-0.2, 0) is 13.0 Å². The molecule has 0 aliphatic rings. The molecule has 0 aliphatic heterocycles. The lowest BCUT2D eigenvalue weighted by atomic mass is 10.1. The van der Waals surface area contributed by atoms with E-state index >= 15 is 0 Å². The number of aromatic nitrogens is 1. The third-order valence-corrected chi connectivity index (χ3v) is 3.75. The van der Waals surface area contributed by atoms with Gasteiger partial charge in [-0.25, -0.2) is 14.6 Å². The van der Waals surface area contributed by atoms with Crippen LogP contribution < -0.4 is 10.7 Å². The lowest BCUT2D eigenvalue weighted by molar-refractivity contribution is 0.249. The van der Waals surface area contributed by atoms with Crippen LogP contribution in [0.3, 0.4) is 0 Å². The van der Waals surface area contributed by atoms with Gasteiger partial charge in [0.15, 0.2) is 0 Å². The molecule has 1 aromatic heterocycles. The Balaban J connectivity index is 1.74. The molecule has 3 aromatic rings. The van der Waals surface area contributed by atoms with E-state index in [-0.39, 0.29) is 11.8 Å². The predicted molar refractivity (Wildman–Crippen MR) is 89.3 cm³/mol. The second-order valence-electron chi connectivity index (χ2n) is 5.32. The zero-order valence-corrected chi connectivity index (χ0v) is 12.8. The third-order valence-electron chi connectivity index (χ3n) is 3.75. The Morgan fingerprint density at radius 3 is 2.70 bits per heavy atom. The third kappa shape index (κ3) is 3.34. The van der Waals surface area contributed by atoms with E-state index in [1.54, 1.807) is 10.7 Å². The number of nitrogens with one attached hydrogen (secondary N) is 2. The number of hydrogen-bond donors (Lipinski definition) is 2. The molecule has 1 heterocycles. The molecule has 0 atom stereocenters. The highest BCUT2D eigenvalue weighted by Gasteiger charge is 2.10. The van der Waals surface area contributed by atoms with Crippen molar-refractivity contribution in [1.82, 2.24) is 9.99 Å². The van der Waals surface area contributed by atoms with Gasteiger partial charge in [0.05, 0.1) is 5.52 Å². The van der Waals surface area contributed by atoms with Crippen LogP contribution in [0.5, 0.6) is 0 Å². The summed E-state index contributed by atoms with van der Waals surface area (Å²) in [6.45, 7) is 2.45. The molecule has 0 fully saturated rings. The van der Waals surface area contributed by atoms with Gasteiger partial charge in [-0.15, -0.1) is 0 Å². The van der Waals surface area contributed by atoms with Crippen LogP contribution in [0, 0.1) is 5.82 Å². The number of halogens is 1. The standard InChI is InChI=1S/C18H18FN3O/c1-2-14-12-22(17-9-8-15(19)10-16(14)17)21-18(23)20-11-13-6-4-3-5-7-13/h3-10,12H,2,11H2,1H3,(H2,20,21,23). The Labute approximate surface area is 133 Å². The summed E-state index contributed by atoms with van der Waals surface area (Å²) in [7, 11) is 0. The molecular formula is C18H18FN3O. The first-order valence-corrected chi connectivity index (χ1v) is 7.55. The summed E-state index contributed by atoms with van der Waals surface area (Å²) < 4.78 is 15.1. The molecule has 0 radical (unpaired) electrons. The molecule has 0 spiro atoms. The number of amides is 2. The summed E-state index contributed by atoms with van der Waals surface area (Å²) in [5, 5.41) is 3.62. The van der Waals surface area contributed by atoms with E-state index in [2.05, 4.69) is 10.7 Å². The van der Waals surface area contributed by atoms with E-state index in [1.807, 2.05) is 43.5 Å². The average molecular weight is 311 g/mol. The van der Waals surface area contributed by atoms with Crippen molar-refractivity contribution in [3.05, 3.63) is 71.7 Å².